The van der Waals surface area contributed by atoms with Gasteiger partial charge in [0.25, 0.3) is 0 Å². The fourth-order valence-electron chi connectivity index (χ4n) is 4.66. The molecule has 1 fully saturated rings. The van der Waals surface area contributed by atoms with E-state index in [0.717, 1.165) is 5.92 Å². The summed E-state index contributed by atoms with van der Waals surface area (Å²) in [7, 11) is 0. The molecule has 2 atom stereocenters. The smallest absolute Gasteiger partial charge is 0.0240 e. The average molecular weight is 262 g/mol. The first kappa shape index (κ1) is 12.2. The number of hydrogen-bond donors (Lipinski definition) is 0. The molecule has 0 nitrogen and oxygen atoms in total. The number of rotatable bonds is 0. The molecule has 0 amide bonds. The average Bonchev–Trinajstić information content (AvgIpc) is 2.74. The van der Waals surface area contributed by atoms with Crippen LogP contribution in [0.15, 0.2) is 42.5 Å². The molecular formula is C20H22. The maximum atomic E-state index is 2.47. The SMILES string of the molecule is Cc1ccc2c(c1)C1(CCCCC1C)c1ccccc1-2. The van der Waals surface area contributed by atoms with Gasteiger partial charge in [-0.2, -0.15) is 0 Å². The van der Waals surface area contributed by atoms with E-state index in [0.29, 0.717) is 0 Å². The molecule has 4 rings (SSSR count). The van der Waals surface area contributed by atoms with Crippen LogP contribution in [0.4, 0.5) is 0 Å². The fourth-order valence-corrected chi connectivity index (χ4v) is 4.66. The van der Waals surface area contributed by atoms with Gasteiger partial charge in [-0.15, -0.1) is 0 Å². The zero-order valence-electron chi connectivity index (χ0n) is 12.4. The number of benzene rings is 2. The molecular weight excluding hydrogens is 240 g/mol. The van der Waals surface area contributed by atoms with Crippen molar-refractivity contribution in [2.24, 2.45) is 5.92 Å². The molecule has 1 spiro atoms. The molecule has 0 heterocycles. The molecule has 20 heavy (non-hydrogen) atoms. The maximum Gasteiger partial charge on any atom is 0.0240 e. The van der Waals surface area contributed by atoms with Gasteiger partial charge in [-0.05, 0) is 47.9 Å². The molecule has 2 aromatic rings. The molecule has 1 saturated carbocycles. The lowest BCUT2D eigenvalue weighted by molar-refractivity contribution is 0.249. The zero-order valence-corrected chi connectivity index (χ0v) is 12.4. The second-order valence-electron chi connectivity index (χ2n) is 6.71. The molecule has 2 aliphatic rings. The van der Waals surface area contributed by atoms with Crippen LogP contribution in [0.1, 0.15) is 49.3 Å². The Morgan fingerprint density at radius 2 is 1.75 bits per heavy atom. The largest absolute Gasteiger partial charge is 0.0619 e. The van der Waals surface area contributed by atoms with Crippen LogP contribution in [-0.4, -0.2) is 0 Å². The monoisotopic (exact) mass is 262 g/mol. The van der Waals surface area contributed by atoms with Crippen molar-refractivity contribution in [3.63, 3.8) is 0 Å². The van der Waals surface area contributed by atoms with Crippen molar-refractivity contribution in [3.05, 3.63) is 59.2 Å². The summed E-state index contributed by atoms with van der Waals surface area (Å²) < 4.78 is 0. The second-order valence-corrected chi connectivity index (χ2v) is 6.71. The third-order valence-corrected chi connectivity index (χ3v) is 5.65. The van der Waals surface area contributed by atoms with E-state index in [4.69, 9.17) is 0 Å². The summed E-state index contributed by atoms with van der Waals surface area (Å²) in [5, 5.41) is 0. The Morgan fingerprint density at radius 1 is 0.950 bits per heavy atom. The molecule has 0 aromatic heterocycles. The van der Waals surface area contributed by atoms with E-state index in [9.17, 15) is 0 Å². The summed E-state index contributed by atoms with van der Waals surface area (Å²) in [6.07, 6.45) is 5.45. The Balaban J connectivity index is 2.06. The van der Waals surface area contributed by atoms with E-state index in [1.165, 1.54) is 42.4 Å². The maximum absolute atomic E-state index is 2.47. The van der Waals surface area contributed by atoms with E-state index in [-0.39, 0.29) is 5.41 Å². The molecule has 0 bridgehead atoms. The second kappa shape index (κ2) is 4.22. The summed E-state index contributed by atoms with van der Waals surface area (Å²) in [4.78, 5) is 0. The fraction of sp³-hybridized carbons (Fsp3) is 0.400. The predicted octanol–water partition coefficient (Wildman–Crippen LogP) is 5.47. The van der Waals surface area contributed by atoms with Crippen molar-refractivity contribution in [2.75, 3.05) is 0 Å². The van der Waals surface area contributed by atoms with Gasteiger partial charge >= 0.3 is 0 Å². The van der Waals surface area contributed by atoms with Gasteiger partial charge in [0.15, 0.2) is 0 Å². The summed E-state index contributed by atoms with van der Waals surface area (Å²) in [6, 6.07) is 16.2. The van der Waals surface area contributed by atoms with Gasteiger partial charge < -0.3 is 0 Å². The lowest BCUT2D eigenvalue weighted by atomic mass is 9.62. The Hall–Kier alpha value is -1.56. The Kier molecular flexibility index (Phi) is 2.57. The zero-order chi connectivity index (χ0) is 13.7. The molecule has 2 unspecified atom stereocenters. The van der Waals surface area contributed by atoms with Crippen molar-refractivity contribution >= 4 is 0 Å². The molecule has 0 N–H and O–H groups in total. The van der Waals surface area contributed by atoms with Crippen molar-refractivity contribution < 1.29 is 0 Å². The van der Waals surface area contributed by atoms with Crippen LogP contribution in [0.2, 0.25) is 0 Å². The van der Waals surface area contributed by atoms with Crippen LogP contribution in [0.3, 0.4) is 0 Å². The molecule has 0 radical (unpaired) electrons. The third-order valence-electron chi connectivity index (χ3n) is 5.65. The number of aryl methyl sites for hydroxylation is 1. The Bertz CT molecular complexity index is 667. The van der Waals surface area contributed by atoms with Crippen molar-refractivity contribution in [1.82, 2.24) is 0 Å². The molecule has 102 valence electrons. The standard InChI is InChI=1S/C20H22/c1-14-10-11-17-16-8-3-4-9-18(16)20(19(17)13-14)12-6-5-7-15(20)2/h3-4,8-11,13,15H,5-7,12H2,1-2H3. The summed E-state index contributed by atoms with van der Waals surface area (Å²) >= 11 is 0. The first-order valence-corrected chi connectivity index (χ1v) is 7.94. The van der Waals surface area contributed by atoms with Crippen LogP contribution in [0.25, 0.3) is 11.1 Å². The minimum absolute atomic E-state index is 0.288. The van der Waals surface area contributed by atoms with Gasteiger partial charge in [0.1, 0.15) is 0 Å². The van der Waals surface area contributed by atoms with E-state index in [2.05, 4.69) is 56.3 Å². The van der Waals surface area contributed by atoms with Crippen LogP contribution in [-0.2, 0) is 5.41 Å². The molecule has 0 heteroatoms. The minimum atomic E-state index is 0.288. The molecule has 2 aromatic carbocycles. The molecule has 0 saturated heterocycles. The first-order valence-electron chi connectivity index (χ1n) is 7.94. The highest BCUT2D eigenvalue weighted by molar-refractivity contribution is 5.81. The number of fused-ring (bicyclic) bond motifs is 5. The van der Waals surface area contributed by atoms with Crippen LogP contribution in [0.5, 0.6) is 0 Å². The summed E-state index contributed by atoms with van der Waals surface area (Å²) in [6.45, 7) is 4.69. The highest BCUT2D eigenvalue weighted by Gasteiger charge is 2.47. The normalized spacial score (nSPS) is 27.4. The topological polar surface area (TPSA) is 0 Å². The quantitative estimate of drug-likeness (QED) is 0.590. The van der Waals surface area contributed by atoms with E-state index in [1.54, 1.807) is 11.1 Å². The summed E-state index contributed by atoms with van der Waals surface area (Å²) in [5.41, 5.74) is 7.85. The minimum Gasteiger partial charge on any atom is -0.0619 e. The van der Waals surface area contributed by atoms with E-state index >= 15 is 0 Å². The van der Waals surface area contributed by atoms with Crippen molar-refractivity contribution in [2.45, 2.75) is 44.9 Å². The van der Waals surface area contributed by atoms with Crippen molar-refractivity contribution in [1.29, 1.82) is 0 Å². The lowest BCUT2D eigenvalue weighted by Crippen LogP contribution is -2.36. The predicted molar refractivity (Wildman–Crippen MR) is 85.0 cm³/mol. The Labute approximate surface area is 121 Å². The highest BCUT2D eigenvalue weighted by atomic mass is 14.5. The van der Waals surface area contributed by atoms with E-state index in [1.807, 2.05) is 0 Å². The van der Waals surface area contributed by atoms with E-state index < -0.39 is 0 Å². The highest BCUT2D eigenvalue weighted by Crippen LogP contribution is 2.57. The van der Waals surface area contributed by atoms with Gasteiger partial charge in [0.05, 0.1) is 0 Å². The van der Waals surface area contributed by atoms with Gasteiger partial charge in [-0.25, -0.2) is 0 Å². The first-order chi connectivity index (χ1) is 9.73. The Morgan fingerprint density at radius 3 is 2.60 bits per heavy atom. The van der Waals surface area contributed by atoms with Crippen LogP contribution in [0, 0.1) is 12.8 Å². The van der Waals surface area contributed by atoms with Crippen molar-refractivity contribution in [3.8, 4) is 11.1 Å². The molecule has 0 aliphatic heterocycles. The summed E-state index contributed by atoms with van der Waals surface area (Å²) in [5.74, 6) is 0.750. The van der Waals surface area contributed by atoms with Gasteiger partial charge in [-0.3, -0.25) is 0 Å². The van der Waals surface area contributed by atoms with Gasteiger partial charge in [0, 0.05) is 5.41 Å². The third kappa shape index (κ3) is 1.43. The van der Waals surface area contributed by atoms with Gasteiger partial charge in [0.2, 0.25) is 0 Å². The van der Waals surface area contributed by atoms with Crippen LogP contribution >= 0.6 is 0 Å². The van der Waals surface area contributed by atoms with Crippen LogP contribution < -0.4 is 0 Å². The molecule has 2 aliphatic carbocycles. The lowest BCUT2D eigenvalue weighted by Gasteiger charge is -2.42. The number of hydrogen-bond acceptors (Lipinski definition) is 0. The van der Waals surface area contributed by atoms with Gasteiger partial charge in [-0.1, -0.05) is 67.8 Å².